The van der Waals surface area contributed by atoms with Crippen LogP contribution in [0.2, 0.25) is 0 Å². The molecule has 204 valence electrons. The van der Waals surface area contributed by atoms with Gasteiger partial charge in [0.05, 0.1) is 35.6 Å². The van der Waals surface area contributed by atoms with Gasteiger partial charge >= 0.3 is 5.97 Å². The number of esters is 1. The number of rotatable bonds is 9. The fourth-order valence-electron chi connectivity index (χ4n) is 4.12. The van der Waals surface area contributed by atoms with Crippen molar-refractivity contribution < 1.29 is 28.7 Å². The SMILES string of the molecule is COc1ccc([C@H]2Sc3ccc(OC)cc3N(CCN(C)C)C(=O)[C@H]2OC(=O)c2ccc([N+](=O)[O-])cc2)cc1. The van der Waals surface area contributed by atoms with Crippen LogP contribution in [0.1, 0.15) is 21.2 Å². The molecule has 0 bridgehead atoms. The van der Waals surface area contributed by atoms with Crippen molar-refractivity contribution >= 4 is 35.0 Å². The van der Waals surface area contributed by atoms with E-state index in [9.17, 15) is 19.7 Å². The fraction of sp³-hybridized carbons (Fsp3) is 0.286. The number of hydrogen-bond acceptors (Lipinski definition) is 9. The summed E-state index contributed by atoms with van der Waals surface area (Å²) in [4.78, 5) is 42.4. The van der Waals surface area contributed by atoms with Gasteiger partial charge in [0.1, 0.15) is 11.5 Å². The lowest BCUT2D eigenvalue weighted by Gasteiger charge is -2.29. The molecule has 1 aliphatic rings. The summed E-state index contributed by atoms with van der Waals surface area (Å²) in [5.41, 5.74) is 1.39. The highest BCUT2D eigenvalue weighted by Crippen LogP contribution is 2.48. The van der Waals surface area contributed by atoms with Gasteiger partial charge in [-0.1, -0.05) is 12.1 Å². The molecule has 3 aromatic rings. The summed E-state index contributed by atoms with van der Waals surface area (Å²) in [6, 6.07) is 17.9. The van der Waals surface area contributed by atoms with Crippen LogP contribution in [0.3, 0.4) is 0 Å². The molecule has 0 aromatic heterocycles. The number of carbonyl (C=O) groups is 2. The van der Waals surface area contributed by atoms with Gasteiger partial charge in [-0.2, -0.15) is 0 Å². The first-order chi connectivity index (χ1) is 18.7. The Morgan fingerprint density at radius 2 is 1.64 bits per heavy atom. The van der Waals surface area contributed by atoms with Crippen LogP contribution < -0.4 is 14.4 Å². The first-order valence-corrected chi connectivity index (χ1v) is 13.0. The van der Waals surface area contributed by atoms with E-state index in [1.807, 2.05) is 49.3 Å². The smallest absolute Gasteiger partial charge is 0.338 e. The van der Waals surface area contributed by atoms with E-state index in [-0.39, 0.29) is 17.2 Å². The first kappa shape index (κ1) is 27.9. The second-order valence-corrected chi connectivity index (χ2v) is 10.3. The van der Waals surface area contributed by atoms with Crippen LogP contribution >= 0.6 is 11.8 Å². The number of carbonyl (C=O) groups excluding carboxylic acids is 2. The predicted octanol–water partition coefficient (Wildman–Crippen LogP) is 4.58. The average molecular weight is 552 g/mol. The zero-order chi connectivity index (χ0) is 28.1. The summed E-state index contributed by atoms with van der Waals surface area (Å²) >= 11 is 1.42. The number of anilines is 1. The quantitative estimate of drug-likeness (QED) is 0.214. The Morgan fingerprint density at radius 3 is 2.23 bits per heavy atom. The molecule has 0 radical (unpaired) electrons. The highest BCUT2D eigenvalue weighted by atomic mass is 32.2. The van der Waals surface area contributed by atoms with Crippen LogP contribution in [0.25, 0.3) is 0 Å². The molecule has 4 rings (SSSR count). The number of amides is 1. The van der Waals surface area contributed by atoms with Crippen molar-refractivity contribution in [1.29, 1.82) is 0 Å². The van der Waals surface area contributed by atoms with E-state index in [4.69, 9.17) is 14.2 Å². The second kappa shape index (κ2) is 12.2. The Hall–Kier alpha value is -4.09. The van der Waals surface area contributed by atoms with Gasteiger partial charge in [-0.05, 0) is 56.1 Å². The number of non-ortho nitro benzene ring substituents is 1. The van der Waals surface area contributed by atoms with Crippen LogP contribution in [0.15, 0.2) is 71.6 Å². The molecule has 1 aliphatic heterocycles. The number of methoxy groups -OCH3 is 2. The third-order valence-electron chi connectivity index (χ3n) is 6.26. The molecule has 0 N–H and O–H groups in total. The van der Waals surface area contributed by atoms with Crippen LogP contribution in [-0.2, 0) is 9.53 Å². The standard InChI is InChI=1S/C28H29N3O7S/c1-29(2)15-16-30-23-17-22(37-4)13-14-24(23)39-26(18-7-11-21(36-3)12-8-18)25(27(30)32)38-28(33)19-5-9-20(10-6-19)31(34)35/h5-14,17,25-26H,15-16H2,1-4H3/t25-,26+/m0/s1. The molecule has 1 amide bonds. The molecule has 10 nitrogen and oxygen atoms in total. The first-order valence-electron chi connectivity index (χ1n) is 12.1. The minimum atomic E-state index is -1.19. The summed E-state index contributed by atoms with van der Waals surface area (Å²) in [7, 11) is 6.96. The summed E-state index contributed by atoms with van der Waals surface area (Å²) in [5, 5.41) is 10.5. The summed E-state index contributed by atoms with van der Waals surface area (Å²) in [6.07, 6.45) is -1.19. The van der Waals surface area contributed by atoms with Crippen LogP contribution in [0.4, 0.5) is 11.4 Å². The number of likely N-dealkylation sites (N-methyl/N-ethyl adjacent to an activating group) is 1. The number of fused-ring (bicyclic) bond motifs is 1. The number of benzene rings is 3. The maximum absolute atomic E-state index is 14.2. The number of nitro groups is 1. The van der Waals surface area contributed by atoms with Crippen LogP contribution in [0, 0.1) is 10.1 Å². The Labute approximate surface area is 230 Å². The molecule has 3 aromatic carbocycles. The second-order valence-electron chi connectivity index (χ2n) is 9.07. The largest absolute Gasteiger partial charge is 0.497 e. The molecule has 0 saturated carbocycles. The zero-order valence-electron chi connectivity index (χ0n) is 22.0. The normalized spacial score (nSPS) is 16.8. The van der Waals surface area contributed by atoms with Gasteiger partial charge in [0.25, 0.3) is 11.6 Å². The van der Waals surface area contributed by atoms with E-state index in [1.165, 1.54) is 36.0 Å². The molecule has 0 unspecified atom stereocenters. The summed E-state index contributed by atoms with van der Waals surface area (Å²) in [6.45, 7) is 0.927. The minimum absolute atomic E-state index is 0.107. The third-order valence-corrected chi connectivity index (χ3v) is 7.63. The van der Waals surface area contributed by atoms with Crippen molar-refractivity contribution in [2.45, 2.75) is 16.2 Å². The number of nitrogens with zero attached hydrogens (tertiary/aromatic N) is 3. The average Bonchev–Trinajstić information content (AvgIpc) is 3.05. The highest BCUT2D eigenvalue weighted by Gasteiger charge is 2.41. The maximum atomic E-state index is 14.2. The van der Waals surface area contributed by atoms with Gasteiger partial charge in [-0.3, -0.25) is 14.9 Å². The predicted molar refractivity (Wildman–Crippen MR) is 148 cm³/mol. The molecular weight excluding hydrogens is 522 g/mol. The summed E-state index contributed by atoms with van der Waals surface area (Å²) in [5.74, 6) is 0.117. The van der Waals surface area contributed by atoms with E-state index in [1.54, 1.807) is 31.3 Å². The lowest BCUT2D eigenvalue weighted by Crippen LogP contribution is -2.45. The van der Waals surface area contributed by atoms with Crippen molar-refractivity contribution in [1.82, 2.24) is 4.90 Å². The van der Waals surface area contributed by atoms with E-state index >= 15 is 0 Å². The Morgan fingerprint density at radius 1 is 1.00 bits per heavy atom. The van der Waals surface area contributed by atoms with Gasteiger partial charge in [-0.15, -0.1) is 11.8 Å². The zero-order valence-corrected chi connectivity index (χ0v) is 22.8. The Bertz CT molecular complexity index is 1350. The number of hydrogen-bond donors (Lipinski definition) is 0. The lowest BCUT2D eigenvalue weighted by atomic mass is 10.0. The van der Waals surface area contributed by atoms with Crippen molar-refractivity contribution in [2.75, 3.05) is 46.3 Å². The molecule has 1 heterocycles. The van der Waals surface area contributed by atoms with E-state index < -0.39 is 22.2 Å². The van der Waals surface area contributed by atoms with E-state index in [2.05, 4.69) is 0 Å². The van der Waals surface area contributed by atoms with Crippen molar-refractivity contribution in [3.63, 3.8) is 0 Å². The topological polar surface area (TPSA) is 111 Å². The van der Waals surface area contributed by atoms with Gasteiger partial charge in [0.2, 0.25) is 0 Å². The Kier molecular flexibility index (Phi) is 8.72. The monoisotopic (exact) mass is 551 g/mol. The van der Waals surface area contributed by atoms with Crippen LogP contribution in [-0.4, -0.2) is 69.2 Å². The van der Waals surface area contributed by atoms with Crippen molar-refractivity contribution in [2.24, 2.45) is 0 Å². The molecule has 0 spiro atoms. The molecule has 2 atom stereocenters. The Balaban J connectivity index is 1.78. The van der Waals surface area contributed by atoms with Gasteiger partial charge in [0.15, 0.2) is 6.10 Å². The van der Waals surface area contributed by atoms with Crippen molar-refractivity contribution in [3.8, 4) is 11.5 Å². The van der Waals surface area contributed by atoms with E-state index in [0.717, 1.165) is 10.5 Å². The molecule has 0 fully saturated rings. The number of nitro benzene ring substituents is 1. The molecule has 11 heteroatoms. The molecule has 0 aliphatic carbocycles. The molecule has 0 saturated heterocycles. The fourth-order valence-corrected chi connectivity index (χ4v) is 5.42. The van der Waals surface area contributed by atoms with E-state index in [0.29, 0.717) is 30.3 Å². The molecule has 39 heavy (non-hydrogen) atoms. The highest BCUT2D eigenvalue weighted by molar-refractivity contribution is 7.99. The van der Waals surface area contributed by atoms with Gasteiger partial charge in [0, 0.05) is 36.2 Å². The number of ether oxygens (including phenoxy) is 3. The van der Waals surface area contributed by atoms with Crippen molar-refractivity contribution in [3.05, 3.63) is 88.0 Å². The maximum Gasteiger partial charge on any atom is 0.338 e. The van der Waals surface area contributed by atoms with Crippen LogP contribution in [0.5, 0.6) is 11.5 Å². The molecular formula is C28H29N3O7S. The van der Waals surface area contributed by atoms with Gasteiger partial charge in [-0.25, -0.2) is 4.79 Å². The lowest BCUT2D eigenvalue weighted by molar-refractivity contribution is -0.384. The van der Waals surface area contributed by atoms with Gasteiger partial charge < -0.3 is 24.0 Å². The summed E-state index contributed by atoms with van der Waals surface area (Å²) < 4.78 is 16.7. The minimum Gasteiger partial charge on any atom is -0.497 e. The third kappa shape index (κ3) is 6.32. The number of thioether (sulfide) groups is 1.